The van der Waals surface area contributed by atoms with Gasteiger partial charge in [-0.25, -0.2) is 4.39 Å². The molecule has 1 aromatic carbocycles. The molecule has 4 fully saturated rings. The van der Waals surface area contributed by atoms with Crippen LogP contribution in [0.3, 0.4) is 0 Å². The van der Waals surface area contributed by atoms with Crippen LogP contribution in [0.4, 0.5) is 4.39 Å². The van der Waals surface area contributed by atoms with Crippen molar-refractivity contribution in [1.82, 2.24) is 24.6 Å². The van der Waals surface area contributed by atoms with E-state index < -0.39 is 0 Å². The highest BCUT2D eigenvalue weighted by Gasteiger charge is 2.54. The van der Waals surface area contributed by atoms with Crippen LogP contribution in [0, 0.1) is 23.6 Å². The molecule has 0 saturated heterocycles. The molecule has 2 aromatic heterocycles. The fourth-order valence-corrected chi connectivity index (χ4v) is 7.87. The Morgan fingerprint density at radius 1 is 1.09 bits per heavy atom. The van der Waals surface area contributed by atoms with Gasteiger partial charge in [-0.15, -0.1) is 10.2 Å². The normalized spacial score (nSPS) is 26.7. The van der Waals surface area contributed by atoms with Gasteiger partial charge in [0.1, 0.15) is 5.82 Å². The van der Waals surface area contributed by atoms with Gasteiger partial charge in [0.15, 0.2) is 11.0 Å². The number of carbonyl (C=O) groups excluding carboxylic acids is 1. The van der Waals surface area contributed by atoms with Gasteiger partial charge < -0.3 is 9.47 Å². The zero-order valence-corrected chi connectivity index (χ0v) is 20.8. The predicted molar refractivity (Wildman–Crippen MR) is 133 cm³/mol. The second kappa shape index (κ2) is 9.04. The van der Waals surface area contributed by atoms with Crippen molar-refractivity contribution >= 4 is 17.7 Å². The van der Waals surface area contributed by atoms with E-state index in [2.05, 4.69) is 20.1 Å². The maximum absolute atomic E-state index is 13.9. The number of amides is 1. The lowest BCUT2D eigenvalue weighted by Gasteiger charge is -2.60. The van der Waals surface area contributed by atoms with E-state index in [1.165, 1.54) is 43.2 Å². The van der Waals surface area contributed by atoms with E-state index in [0.717, 1.165) is 54.0 Å². The summed E-state index contributed by atoms with van der Waals surface area (Å²) >= 11 is 1.43. The first kappa shape index (κ1) is 22.7. The Bertz CT molecular complexity index is 1180. The molecule has 4 aliphatic carbocycles. The summed E-state index contributed by atoms with van der Waals surface area (Å²) < 4.78 is 15.5. The fraction of sp³-hybridized carbons (Fsp3) is 0.481. The van der Waals surface area contributed by atoms with Gasteiger partial charge >= 0.3 is 0 Å². The SMILES string of the molecule is Cn1c(SCC(=O)N(Cc2ccc(F)cc2)C23CC4CC(CC(C4)C2)C3)nnc1-c1cccnc1. The van der Waals surface area contributed by atoms with E-state index in [1.54, 1.807) is 12.4 Å². The lowest BCUT2D eigenvalue weighted by atomic mass is 9.52. The number of nitrogens with zero attached hydrogens (tertiary/aromatic N) is 5. The lowest BCUT2D eigenvalue weighted by Crippen LogP contribution is -2.61. The monoisotopic (exact) mass is 491 g/mol. The van der Waals surface area contributed by atoms with Crippen molar-refractivity contribution in [1.29, 1.82) is 0 Å². The van der Waals surface area contributed by atoms with Crippen LogP contribution >= 0.6 is 11.8 Å². The van der Waals surface area contributed by atoms with Crippen molar-refractivity contribution in [3.8, 4) is 11.4 Å². The number of hydrogen-bond donors (Lipinski definition) is 0. The zero-order chi connectivity index (χ0) is 24.0. The molecule has 3 aromatic rings. The number of carbonyl (C=O) groups is 1. The first-order valence-electron chi connectivity index (χ1n) is 12.5. The van der Waals surface area contributed by atoms with Crippen LogP contribution in [0.5, 0.6) is 0 Å². The Morgan fingerprint density at radius 3 is 2.40 bits per heavy atom. The maximum Gasteiger partial charge on any atom is 0.233 e. The first-order valence-corrected chi connectivity index (χ1v) is 13.5. The van der Waals surface area contributed by atoms with Crippen LogP contribution in [0.15, 0.2) is 53.9 Å². The highest BCUT2D eigenvalue weighted by atomic mass is 32.2. The number of benzene rings is 1. The van der Waals surface area contributed by atoms with Crippen LogP contribution < -0.4 is 0 Å². The van der Waals surface area contributed by atoms with E-state index >= 15 is 0 Å². The standard InChI is InChI=1S/C27H30FN5OS/c1-32-25(22-3-2-8-29-15-22)30-31-26(32)35-17-24(34)33(16-18-4-6-23(28)7-5-18)27-12-19-9-20(13-27)11-21(10-19)14-27/h2-8,15,19-21H,9-14,16-17H2,1H3. The molecule has 1 amide bonds. The van der Waals surface area contributed by atoms with Gasteiger partial charge in [0, 0.05) is 37.1 Å². The van der Waals surface area contributed by atoms with Gasteiger partial charge in [0.05, 0.1) is 5.75 Å². The molecule has 182 valence electrons. The van der Waals surface area contributed by atoms with Crippen molar-refractivity contribution in [3.63, 3.8) is 0 Å². The summed E-state index contributed by atoms with van der Waals surface area (Å²) in [4.78, 5) is 20.2. The molecule has 6 nitrogen and oxygen atoms in total. The molecular weight excluding hydrogens is 461 g/mol. The number of pyridine rings is 1. The Balaban J connectivity index is 1.24. The predicted octanol–water partition coefficient (Wildman–Crippen LogP) is 5.11. The molecule has 0 aliphatic heterocycles. The van der Waals surface area contributed by atoms with Gasteiger partial charge in [-0.1, -0.05) is 23.9 Å². The minimum Gasteiger partial charge on any atom is -0.332 e. The molecule has 35 heavy (non-hydrogen) atoms. The molecule has 0 radical (unpaired) electrons. The molecule has 0 spiro atoms. The highest BCUT2D eigenvalue weighted by molar-refractivity contribution is 7.99. The van der Waals surface area contributed by atoms with Crippen molar-refractivity contribution in [2.24, 2.45) is 24.8 Å². The number of halogens is 1. The van der Waals surface area contributed by atoms with E-state index in [1.807, 2.05) is 35.9 Å². The molecule has 8 heteroatoms. The molecule has 4 saturated carbocycles. The average molecular weight is 492 g/mol. The third kappa shape index (κ3) is 4.37. The Morgan fingerprint density at radius 2 is 1.77 bits per heavy atom. The summed E-state index contributed by atoms with van der Waals surface area (Å²) in [6, 6.07) is 10.4. The number of rotatable bonds is 7. The number of aromatic nitrogens is 4. The Labute approximate surface area is 209 Å². The van der Waals surface area contributed by atoms with Crippen LogP contribution in [0.1, 0.15) is 44.1 Å². The molecule has 7 rings (SSSR count). The molecule has 4 aliphatic rings. The molecule has 0 atom stereocenters. The lowest BCUT2D eigenvalue weighted by molar-refractivity contribution is -0.149. The van der Waals surface area contributed by atoms with Gasteiger partial charge in [0.25, 0.3) is 0 Å². The summed E-state index contributed by atoms with van der Waals surface area (Å²) in [5, 5.41) is 9.39. The van der Waals surface area contributed by atoms with Gasteiger partial charge in [-0.2, -0.15) is 0 Å². The second-order valence-electron chi connectivity index (χ2n) is 10.6. The average Bonchev–Trinajstić information content (AvgIpc) is 3.22. The Hall–Kier alpha value is -2.74. The minimum atomic E-state index is -0.247. The van der Waals surface area contributed by atoms with E-state index in [0.29, 0.717) is 17.5 Å². The topological polar surface area (TPSA) is 63.9 Å². The zero-order valence-electron chi connectivity index (χ0n) is 19.9. The largest absolute Gasteiger partial charge is 0.332 e. The third-order valence-corrected chi connectivity index (χ3v) is 9.22. The van der Waals surface area contributed by atoms with Gasteiger partial charge in [0.2, 0.25) is 5.91 Å². The summed E-state index contributed by atoms with van der Waals surface area (Å²) in [6.45, 7) is 0.533. The second-order valence-corrected chi connectivity index (χ2v) is 11.6. The van der Waals surface area contributed by atoms with Gasteiger partial charge in [-0.05, 0) is 86.1 Å². The summed E-state index contributed by atoms with van der Waals surface area (Å²) in [5.74, 6) is 3.13. The van der Waals surface area contributed by atoms with Crippen LogP contribution in [0.25, 0.3) is 11.4 Å². The minimum absolute atomic E-state index is 0.0679. The molecular formula is C27H30FN5OS. The van der Waals surface area contributed by atoms with E-state index in [9.17, 15) is 9.18 Å². The van der Waals surface area contributed by atoms with Crippen LogP contribution in [-0.4, -0.2) is 41.8 Å². The third-order valence-electron chi connectivity index (χ3n) is 8.21. The molecule has 4 bridgehead atoms. The van der Waals surface area contributed by atoms with Crippen molar-refractivity contribution in [2.75, 3.05) is 5.75 Å². The number of thioether (sulfide) groups is 1. The van der Waals surface area contributed by atoms with E-state index in [-0.39, 0.29) is 17.3 Å². The van der Waals surface area contributed by atoms with E-state index in [4.69, 9.17) is 0 Å². The summed E-state index contributed by atoms with van der Waals surface area (Å²) in [6.07, 6.45) is 10.8. The van der Waals surface area contributed by atoms with Crippen LogP contribution in [-0.2, 0) is 18.4 Å². The first-order chi connectivity index (χ1) is 17.0. The van der Waals surface area contributed by atoms with Gasteiger partial charge in [-0.3, -0.25) is 9.78 Å². The maximum atomic E-state index is 13.9. The van der Waals surface area contributed by atoms with Crippen molar-refractivity contribution < 1.29 is 9.18 Å². The van der Waals surface area contributed by atoms with Crippen molar-refractivity contribution in [3.05, 3.63) is 60.2 Å². The fourth-order valence-electron chi connectivity index (χ4n) is 7.08. The smallest absolute Gasteiger partial charge is 0.233 e. The Kier molecular flexibility index (Phi) is 5.87. The summed E-state index contributed by atoms with van der Waals surface area (Å²) in [7, 11) is 1.92. The molecule has 0 unspecified atom stereocenters. The highest BCUT2D eigenvalue weighted by Crippen LogP contribution is 2.58. The van der Waals surface area contributed by atoms with Crippen LogP contribution in [0.2, 0.25) is 0 Å². The quantitative estimate of drug-likeness (QED) is 0.430. The molecule has 2 heterocycles. The summed E-state index contributed by atoms with van der Waals surface area (Å²) in [5.41, 5.74) is 1.81. The number of hydrogen-bond acceptors (Lipinski definition) is 5. The van der Waals surface area contributed by atoms with Crippen molar-refractivity contribution in [2.45, 2.75) is 55.8 Å². The molecule has 0 N–H and O–H groups in total.